The lowest BCUT2D eigenvalue weighted by Gasteiger charge is -2.31. The molecule has 1 fully saturated rings. The van der Waals surface area contributed by atoms with Crippen molar-refractivity contribution in [2.75, 3.05) is 26.2 Å². The summed E-state index contributed by atoms with van der Waals surface area (Å²) in [5.41, 5.74) is 3.76. The van der Waals surface area contributed by atoms with Gasteiger partial charge in [-0.3, -0.25) is 4.79 Å². The molecule has 1 amide bonds. The lowest BCUT2D eigenvalue weighted by atomic mass is 10.00. The molecule has 144 valence electrons. The highest BCUT2D eigenvalue weighted by Crippen LogP contribution is 2.16. The number of hydrogen-bond acceptors (Lipinski definition) is 2. The summed E-state index contributed by atoms with van der Waals surface area (Å²) in [6.45, 7) is 12.4. The number of amides is 1. The predicted molar refractivity (Wildman–Crippen MR) is 108 cm³/mol. The molecule has 2 rings (SSSR count). The Bertz CT molecular complexity index is 626. The molecule has 0 radical (unpaired) electrons. The normalized spacial score (nSPS) is 17.9. The zero-order chi connectivity index (χ0) is 18.9. The Morgan fingerprint density at radius 3 is 2.81 bits per heavy atom. The summed E-state index contributed by atoms with van der Waals surface area (Å²) in [5.74, 6) is 1.64. The number of hydrogen-bond donors (Lipinski definition) is 2. The quantitative estimate of drug-likeness (QED) is 0.607. The molecule has 5 heteroatoms. The predicted octanol–water partition coefficient (Wildman–Crippen LogP) is 3.01. The zero-order valence-electron chi connectivity index (χ0n) is 16.8. The van der Waals surface area contributed by atoms with E-state index in [-0.39, 0.29) is 5.91 Å². The van der Waals surface area contributed by atoms with Gasteiger partial charge in [0.1, 0.15) is 0 Å². The number of aryl methyl sites for hydroxylation is 2. The van der Waals surface area contributed by atoms with Crippen LogP contribution in [0.4, 0.5) is 0 Å². The molecule has 2 N–H and O–H groups in total. The van der Waals surface area contributed by atoms with Crippen molar-refractivity contribution in [1.29, 1.82) is 0 Å². The van der Waals surface area contributed by atoms with Crippen LogP contribution in [0.25, 0.3) is 0 Å². The first-order chi connectivity index (χ1) is 12.5. The van der Waals surface area contributed by atoms with Crippen molar-refractivity contribution < 1.29 is 4.79 Å². The topological polar surface area (TPSA) is 56.7 Å². The van der Waals surface area contributed by atoms with E-state index < -0.39 is 0 Å². The van der Waals surface area contributed by atoms with E-state index in [0.29, 0.717) is 25.4 Å². The Labute approximate surface area is 158 Å². The summed E-state index contributed by atoms with van der Waals surface area (Å²) >= 11 is 0. The van der Waals surface area contributed by atoms with Crippen molar-refractivity contribution in [2.24, 2.45) is 10.9 Å². The van der Waals surface area contributed by atoms with Gasteiger partial charge < -0.3 is 15.5 Å². The average molecular weight is 359 g/mol. The van der Waals surface area contributed by atoms with Crippen LogP contribution in [0.2, 0.25) is 0 Å². The summed E-state index contributed by atoms with van der Waals surface area (Å²) < 4.78 is 0. The van der Waals surface area contributed by atoms with Crippen molar-refractivity contribution >= 4 is 11.9 Å². The second-order valence-corrected chi connectivity index (χ2v) is 7.39. The Kier molecular flexibility index (Phi) is 7.95. The minimum absolute atomic E-state index is 0.245. The molecule has 1 heterocycles. The molecule has 0 saturated carbocycles. The fraction of sp³-hybridized carbons (Fsp3) is 0.619. The molecule has 26 heavy (non-hydrogen) atoms. The monoisotopic (exact) mass is 358 g/mol. The SMILES string of the molecule is CCNC(=NCc1ccc(C)cc1C)NCCC(=O)N1CCCC(C)C1. The van der Waals surface area contributed by atoms with Gasteiger partial charge in [-0.15, -0.1) is 0 Å². The Morgan fingerprint density at radius 1 is 1.31 bits per heavy atom. The molecular weight excluding hydrogens is 324 g/mol. The maximum Gasteiger partial charge on any atom is 0.224 e. The van der Waals surface area contributed by atoms with Gasteiger partial charge in [0, 0.05) is 32.6 Å². The number of likely N-dealkylation sites (tertiary alicyclic amines) is 1. The Morgan fingerprint density at radius 2 is 2.12 bits per heavy atom. The minimum Gasteiger partial charge on any atom is -0.357 e. The molecular formula is C21H34N4O. The molecule has 0 aromatic heterocycles. The van der Waals surface area contributed by atoms with Crippen LogP contribution in [0.1, 0.15) is 49.8 Å². The molecule has 0 aliphatic carbocycles. The van der Waals surface area contributed by atoms with Gasteiger partial charge >= 0.3 is 0 Å². The third-order valence-corrected chi connectivity index (χ3v) is 4.89. The van der Waals surface area contributed by atoms with Crippen molar-refractivity contribution in [3.05, 3.63) is 34.9 Å². The third-order valence-electron chi connectivity index (χ3n) is 4.89. The van der Waals surface area contributed by atoms with Crippen LogP contribution < -0.4 is 10.6 Å². The van der Waals surface area contributed by atoms with E-state index in [0.717, 1.165) is 32.0 Å². The summed E-state index contributed by atoms with van der Waals surface area (Å²) in [4.78, 5) is 19.0. The van der Waals surface area contributed by atoms with E-state index in [2.05, 4.69) is 61.5 Å². The van der Waals surface area contributed by atoms with Crippen molar-refractivity contribution in [2.45, 2.75) is 53.5 Å². The molecule has 1 unspecified atom stereocenters. The van der Waals surface area contributed by atoms with E-state index in [1.165, 1.54) is 23.1 Å². The van der Waals surface area contributed by atoms with Crippen LogP contribution in [-0.2, 0) is 11.3 Å². The highest BCUT2D eigenvalue weighted by Gasteiger charge is 2.20. The third kappa shape index (κ3) is 6.36. The summed E-state index contributed by atoms with van der Waals surface area (Å²) in [6.07, 6.45) is 2.87. The lowest BCUT2D eigenvalue weighted by Crippen LogP contribution is -2.42. The van der Waals surface area contributed by atoms with Gasteiger partial charge in [-0.05, 0) is 50.7 Å². The van der Waals surface area contributed by atoms with Crippen LogP contribution in [0, 0.1) is 19.8 Å². The highest BCUT2D eigenvalue weighted by atomic mass is 16.2. The fourth-order valence-electron chi connectivity index (χ4n) is 3.39. The largest absolute Gasteiger partial charge is 0.357 e. The number of rotatable bonds is 6. The molecule has 0 spiro atoms. The standard InChI is InChI=1S/C21H34N4O/c1-5-22-21(24-14-19-9-8-16(2)13-18(19)4)23-11-10-20(26)25-12-6-7-17(3)15-25/h8-9,13,17H,5-7,10-12,14-15H2,1-4H3,(H2,22,23,24). The number of carbonyl (C=O) groups excluding carboxylic acids is 1. The van der Waals surface area contributed by atoms with Gasteiger partial charge in [0.2, 0.25) is 5.91 Å². The molecule has 5 nitrogen and oxygen atoms in total. The maximum atomic E-state index is 12.4. The summed E-state index contributed by atoms with van der Waals surface area (Å²) in [5, 5.41) is 6.55. The van der Waals surface area contributed by atoms with E-state index in [4.69, 9.17) is 0 Å². The molecule has 1 aliphatic rings. The Hall–Kier alpha value is -2.04. The number of carbonyl (C=O) groups is 1. The first kappa shape index (κ1) is 20.3. The van der Waals surface area contributed by atoms with Crippen molar-refractivity contribution in [3.63, 3.8) is 0 Å². The van der Waals surface area contributed by atoms with Gasteiger partial charge in [-0.1, -0.05) is 30.7 Å². The second-order valence-electron chi connectivity index (χ2n) is 7.39. The van der Waals surface area contributed by atoms with Crippen LogP contribution in [-0.4, -0.2) is 42.9 Å². The van der Waals surface area contributed by atoms with Crippen LogP contribution in [0.5, 0.6) is 0 Å². The maximum absolute atomic E-state index is 12.4. The first-order valence-corrected chi connectivity index (χ1v) is 9.85. The van der Waals surface area contributed by atoms with Gasteiger partial charge in [0.15, 0.2) is 5.96 Å². The summed E-state index contributed by atoms with van der Waals surface area (Å²) in [7, 11) is 0. The number of benzene rings is 1. The molecule has 1 atom stereocenters. The van der Waals surface area contributed by atoms with Gasteiger partial charge in [-0.25, -0.2) is 4.99 Å². The number of guanidine groups is 1. The van der Waals surface area contributed by atoms with Crippen molar-refractivity contribution in [3.8, 4) is 0 Å². The number of aliphatic imine (C=N–C) groups is 1. The lowest BCUT2D eigenvalue weighted by molar-refractivity contribution is -0.132. The molecule has 1 aliphatic heterocycles. The molecule has 1 aromatic rings. The average Bonchev–Trinajstić information content (AvgIpc) is 2.60. The van der Waals surface area contributed by atoms with Crippen LogP contribution in [0.15, 0.2) is 23.2 Å². The minimum atomic E-state index is 0.245. The van der Waals surface area contributed by atoms with E-state index in [1.54, 1.807) is 0 Å². The van der Waals surface area contributed by atoms with Crippen LogP contribution in [0.3, 0.4) is 0 Å². The number of nitrogens with one attached hydrogen (secondary N) is 2. The van der Waals surface area contributed by atoms with Gasteiger partial charge in [0.05, 0.1) is 6.54 Å². The van der Waals surface area contributed by atoms with Crippen LogP contribution >= 0.6 is 0 Å². The van der Waals surface area contributed by atoms with Crippen molar-refractivity contribution in [1.82, 2.24) is 15.5 Å². The highest BCUT2D eigenvalue weighted by molar-refractivity contribution is 5.81. The Balaban J connectivity index is 1.84. The smallest absolute Gasteiger partial charge is 0.224 e. The van der Waals surface area contributed by atoms with Gasteiger partial charge in [-0.2, -0.15) is 0 Å². The second kappa shape index (κ2) is 10.2. The van der Waals surface area contributed by atoms with E-state index in [9.17, 15) is 4.79 Å². The van der Waals surface area contributed by atoms with E-state index in [1.807, 2.05) is 4.90 Å². The van der Waals surface area contributed by atoms with E-state index >= 15 is 0 Å². The fourth-order valence-corrected chi connectivity index (χ4v) is 3.39. The number of piperidine rings is 1. The molecule has 0 bridgehead atoms. The first-order valence-electron chi connectivity index (χ1n) is 9.85. The summed E-state index contributed by atoms with van der Waals surface area (Å²) in [6, 6.07) is 6.44. The van der Waals surface area contributed by atoms with Gasteiger partial charge in [0.25, 0.3) is 0 Å². The molecule has 1 saturated heterocycles. The molecule has 1 aromatic carbocycles. The zero-order valence-corrected chi connectivity index (χ0v) is 16.8. The number of nitrogens with zero attached hydrogens (tertiary/aromatic N) is 2.